The van der Waals surface area contributed by atoms with Crippen molar-refractivity contribution in [3.8, 4) is 11.4 Å². The van der Waals surface area contributed by atoms with Crippen LogP contribution in [-0.4, -0.2) is 23.2 Å². The zero-order valence-electron chi connectivity index (χ0n) is 12.0. The molecule has 0 saturated carbocycles. The fraction of sp³-hybridized carbons (Fsp3) is 0.467. The number of aromatic nitrogens is 2. The third-order valence-electron chi connectivity index (χ3n) is 3.53. The van der Waals surface area contributed by atoms with Crippen molar-refractivity contribution in [3.63, 3.8) is 0 Å². The number of benzene rings is 1. The summed E-state index contributed by atoms with van der Waals surface area (Å²) in [5.41, 5.74) is 2.20. The first kappa shape index (κ1) is 13.7. The van der Waals surface area contributed by atoms with E-state index in [-0.39, 0.29) is 5.92 Å². The van der Waals surface area contributed by atoms with Crippen LogP contribution in [0, 0.1) is 6.92 Å². The Balaban J connectivity index is 2.28. The Kier molecular flexibility index (Phi) is 4.32. The number of nitrogens with one attached hydrogen (secondary N) is 1. The number of rotatable bonds is 5. The van der Waals surface area contributed by atoms with Gasteiger partial charge in [0.15, 0.2) is 0 Å². The molecule has 1 aromatic heterocycles. The summed E-state index contributed by atoms with van der Waals surface area (Å²) in [6.45, 7) is 6.32. The van der Waals surface area contributed by atoms with Crippen LogP contribution in [0.3, 0.4) is 0 Å². The van der Waals surface area contributed by atoms with Gasteiger partial charge in [0.1, 0.15) is 0 Å². The minimum Gasteiger partial charge on any atom is -0.339 e. The van der Waals surface area contributed by atoms with Crippen LogP contribution in [-0.2, 0) is 0 Å². The molecule has 2 unspecified atom stereocenters. The summed E-state index contributed by atoms with van der Waals surface area (Å²) < 4.78 is 5.43. The highest BCUT2D eigenvalue weighted by atomic mass is 16.5. The topological polar surface area (TPSA) is 51.0 Å². The third-order valence-corrected chi connectivity index (χ3v) is 3.53. The van der Waals surface area contributed by atoms with E-state index in [0.29, 0.717) is 17.8 Å². The standard InChI is InChI=1S/C15H21N3O/c1-5-13(11(3)16-4)15-17-14(18-19-15)12-8-6-7-10(2)9-12/h6-9,11,13,16H,5H2,1-4H3. The number of hydrogen-bond donors (Lipinski definition) is 1. The van der Waals surface area contributed by atoms with Crippen LogP contribution in [0.25, 0.3) is 11.4 Å². The van der Waals surface area contributed by atoms with Crippen molar-refractivity contribution in [1.29, 1.82) is 0 Å². The van der Waals surface area contributed by atoms with Crippen molar-refractivity contribution in [2.45, 2.75) is 39.2 Å². The van der Waals surface area contributed by atoms with E-state index in [4.69, 9.17) is 4.52 Å². The van der Waals surface area contributed by atoms with Gasteiger partial charge in [0.25, 0.3) is 0 Å². The second kappa shape index (κ2) is 5.97. The zero-order chi connectivity index (χ0) is 13.8. The molecule has 0 saturated heterocycles. The molecule has 1 N–H and O–H groups in total. The Labute approximate surface area is 114 Å². The molecule has 2 atom stereocenters. The van der Waals surface area contributed by atoms with Crippen molar-refractivity contribution >= 4 is 0 Å². The molecule has 0 spiro atoms. The molecule has 4 nitrogen and oxygen atoms in total. The molecular weight excluding hydrogens is 238 g/mol. The van der Waals surface area contributed by atoms with Gasteiger partial charge in [0.05, 0.1) is 5.92 Å². The molecular formula is C15H21N3O. The first-order chi connectivity index (χ1) is 9.15. The highest BCUT2D eigenvalue weighted by Gasteiger charge is 2.22. The quantitative estimate of drug-likeness (QED) is 0.896. The normalized spacial score (nSPS) is 14.3. The molecule has 4 heteroatoms. The smallest absolute Gasteiger partial charge is 0.231 e. The van der Waals surface area contributed by atoms with E-state index in [0.717, 1.165) is 12.0 Å². The number of likely N-dealkylation sites (N-methyl/N-ethyl adjacent to an activating group) is 1. The Morgan fingerprint density at radius 2 is 2.16 bits per heavy atom. The SMILES string of the molecule is CCC(c1nc(-c2cccc(C)c2)no1)C(C)NC. The molecule has 0 aliphatic heterocycles. The number of hydrogen-bond acceptors (Lipinski definition) is 4. The van der Waals surface area contributed by atoms with Crippen LogP contribution in [0.2, 0.25) is 0 Å². The van der Waals surface area contributed by atoms with E-state index < -0.39 is 0 Å². The van der Waals surface area contributed by atoms with Gasteiger partial charge in [-0.3, -0.25) is 0 Å². The van der Waals surface area contributed by atoms with Gasteiger partial charge in [0.2, 0.25) is 11.7 Å². The lowest BCUT2D eigenvalue weighted by Gasteiger charge is -2.17. The molecule has 0 amide bonds. The van der Waals surface area contributed by atoms with Gasteiger partial charge in [-0.2, -0.15) is 4.98 Å². The van der Waals surface area contributed by atoms with Crippen LogP contribution in [0.15, 0.2) is 28.8 Å². The van der Waals surface area contributed by atoms with Crippen LogP contribution < -0.4 is 5.32 Å². The van der Waals surface area contributed by atoms with Gasteiger partial charge in [-0.1, -0.05) is 35.8 Å². The van der Waals surface area contributed by atoms with Gasteiger partial charge >= 0.3 is 0 Å². The Morgan fingerprint density at radius 3 is 2.79 bits per heavy atom. The molecule has 0 fully saturated rings. The number of nitrogens with zero attached hydrogens (tertiary/aromatic N) is 2. The van der Waals surface area contributed by atoms with E-state index in [1.807, 2.05) is 19.2 Å². The van der Waals surface area contributed by atoms with Crippen LogP contribution in [0.4, 0.5) is 0 Å². The molecule has 1 heterocycles. The number of aryl methyl sites for hydroxylation is 1. The summed E-state index contributed by atoms with van der Waals surface area (Å²) in [6, 6.07) is 8.45. The molecule has 102 valence electrons. The molecule has 2 aromatic rings. The maximum Gasteiger partial charge on any atom is 0.231 e. The average Bonchev–Trinajstić information content (AvgIpc) is 2.89. The van der Waals surface area contributed by atoms with Crippen LogP contribution in [0.5, 0.6) is 0 Å². The monoisotopic (exact) mass is 259 g/mol. The van der Waals surface area contributed by atoms with Crippen molar-refractivity contribution in [1.82, 2.24) is 15.5 Å². The summed E-state index contributed by atoms with van der Waals surface area (Å²) in [4.78, 5) is 4.54. The van der Waals surface area contributed by atoms with Crippen LogP contribution in [0.1, 0.15) is 37.6 Å². The Bertz CT molecular complexity index is 536. The van der Waals surface area contributed by atoms with Gasteiger partial charge in [0, 0.05) is 11.6 Å². The minimum atomic E-state index is 0.246. The molecule has 1 aromatic carbocycles. The highest BCUT2D eigenvalue weighted by molar-refractivity contribution is 5.55. The predicted octanol–water partition coefficient (Wildman–Crippen LogP) is 3.15. The molecule has 0 radical (unpaired) electrons. The largest absolute Gasteiger partial charge is 0.339 e. The summed E-state index contributed by atoms with van der Waals surface area (Å²) in [5.74, 6) is 1.62. The summed E-state index contributed by atoms with van der Waals surface area (Å²) >= 11 is 0. The van der Waals surface area contributed by atoms with Crippen molar-refractivity contribution in [3.05, 3.63) is 35.7 Å². The summed E-state index contributed by atoms with van der Waals surface area (Å²) in [5, 5.41) is 7.34. The average molecular weight is 259 g/mol. The van der Waals surface area contributed by atoms with Gasteiger partial charge in [-0.15, -0.1) is 0 Å². The lowest BCUT2D eigenvalue weighted by atomic mass is 9.98. The zero-order valence-corrected chi connectivity index (χ0v) is 12.0. The maximum atomic E-state index is 5.43. The van der Waals surface area contributed by atoms with Crippen LogP contribution >= 0.6 is 0 Å². The Morgan fingerprint density at radius 1 is 1.37 bits per heavy atom. The van der Waals surface area contributed by atoms with Crippen molar-refractivity contribution < 1.29 is 4.52 Å². The maximum absolute atomic E-state index is 5.43. The van der Waals surface area contributed by atoms with Crippen molar-refractivity contribution in [2.75, 3.05) is 7.05 Å². The molecule has 19 heavy (non-hydrogen) atoms. The summed E-state index contributed by atoms with van der Waals surface area (Å²) in [6.07, 6.45) is 0.970. The second-order valence-corrected chi connectivity index (χ2v) is 4.92. The first-order valence-corrected chi connectivity index (χ1v) is 6.73. The van der Waals surface area contributed by atoms with E-state index in [1.165, 1.54) is 5.56 Å². The van der Waals surface area contributed by atoms with E-state index in [9.17, 15) is 0 Å². The fourth-order valence-electron chi connectivity index (χ4n) is 2.23. The highest BCUT2D eigenvalue weighted by Crippen LogP contribution is 2.24. The minimum absolute atomic E-state index is 0.246. The lowest BCUT2D eigenvalue weighted by molar-refractivity contribution is 0.322. The molecule has 0 aliphatic carbocycles. The second-order valence-electron chi connectivity index (χ2n) is 4.92. The predicted molar refractivity (Wildman–Crippen MR) is 76.0 cm³/mol. The fourth-order valence-corrected chi connectivity index (χ4v) is 2.23. The van der Waals surface area contributed by atoms with E-state index >= 15 is 0 Å². The van der Waals surface area contributed by atoms with Crippen molar-refractivity contribution in [2.24, 2.45) is 0 Å². The molecule has 0 bridgehead atoms. The molecule has 2 rings (SSSR count). The van der Waals surface area contributed by atoms with Gasteiger partial charge < -0.3 is 9.84 Å². The third kappa shape index (κ3) is 3.01. The van der Waals surface area contributed by atoms with Gasteiger partial charge in [-0.25, -0.2) is 0 Å². The lowest BCUT2D eigenvalue weighted by Crippen LogP contribution is -2.28. The van der Waals surface area contributed by atoms with E-state index in [2.05, 4.69) is 48.4 Å². The Hall–Kier alpha value is -1.68. The summed E-state index contributed by atoms with van der Waals surface area (Å²) in [7, 11) is 1.95. The first-order valence-electron chi connectivity index (χ1n) is 6.73. The van der Waals surface area contributed by atoms with E-state index in [1.54, 1.807) is 0 Å². The molecule has 0 aliphatic rings. The van der Waals surface area contributed by atoms with Gasteiger partial charge in [-0.05, 0) is 33.4 Å².